The van der Waals surface area contributed by atoms with Crippen molar-refractivity contribution >= 4 is 29.4 Å². The Balaban J connectivity index is 0.00000196. The number of benzene rings is 1. The topological polar surface area (TPSA) is 58.4 Å². The Morgan fingerprint density at radius 3 is 2.54 bits per heavy atom. The number of halogens is 1. The molecule has 0 atom stereocenters. The van der Waals surface area contributed by atoms with Crippen LogP contribution in [0.15, 0.2) is 36.4 Å². The molecule has 7 heteroatoms. The van der Waals surface area contributed by atoms with Gasteiger partial charge in [-0.05, 0) is 74.1 Å². The third-order valence-corrected chi connectivity index (χ3v) is 6.70. The number of piperidine rings is 1. The Hall–Kier alpha value is -1.47. The second-order valence-corrected chi connectivity index (χ2v) is 8.45. The van der Waals surface area contributed by atoms with Crippen molar-refractivity contribution in [3.63, 3.8) is 0 Å². The lowest BCUT2D eigenvalue weighted by atomic mass is 9.78. The number of nitro groups is 1. The molecule has 2 aliphatic heterocycles. The largest absolute Gasteiger partial charge is 0.317 e. The minimum Gasteiger partial charge on any atom is -0.317 e. The molecule has 0 saturated carbocycles. The molecular formula is C19H24ClN3O2S. The number of likely N-dealkylation sites (tertiary alicyclic amines) is 1. The molecular weight excluding hydrogens is 370 g/mol. The molecule has 2 saturated heterocycles. The molecule has 5 nitrogen and oxygen atoms in total. The fourth-order valence-corrected chi connectivity index (χ4v) is 5.17. The van der Waals surface area contributed by atoms with Crippen molar-refractivity contribution in [2.75, 3.05) is 26.2 Å². The zero-order chi connectivity index (χ0) is 17.3. The van der Waals surface area contributed by atoms with Crippen LogP contribution in [-0.4, -0.2) is 36.0 Å². The Labute approximate surface area is 164 Å². The Morgan fingerprint density at radius 2 is 1.85 bits per heavy atom. The summed E-state index contributed by atoms with van der Waals surface area (Å²) in [4.78, 5) is 15.6. The second kappa shape index (κ2) is 8.05. The van der Waals surface area contributed by atoms with Crippen molar-refractivity contribution in [3.05, 3.63) is 51.4 Å². The van der Waals surface area contributed by atoms with Crippen molar-refractivity contribution in [2.24, 2.45) is 5.41 Å². The van der Waals surface area contributed by atoms with E-state index in [0.29, 0.717) is 5.41 Å². The monoisotopic (exact) mass is 393 g/mol. The zero-order valence-corrected chi connectivity index (χ0v) is 16.3. The van der Waals surface area contributed by atoms with E-state index in [1.165, 1.54) is 42.1 Å². The average Bonchev–Trinajstić information content (AvgIpc) is 3.24. The highest BCUT2D eigenvalue weighted by molar-refractivity contribution is 7.15. The summed E-state index contributed by atoms with van der Waals surface area (Å²) in [7, 11) is 0. The fourth-order valence-electron chi connectivity index (χ4n) is 4.11. The molecule has 0 aliphatic carbocycles. The molecule has 3 heterocycles. The molecule has 2 aromatic rings. The van der Waals surface area contributed by atoms with Crippen molar-refractivity contribution in [2.45, 2.75) is 25.8 Å². The van der Waals surface area contributed by atoms with Crippen LogP contribution in [-0.2, 0) is 6.54 Å². The van der Waals surface area contributed by atoms with Crippen molar-refractivity contribution in [1.29, 1.82) is 0 Å². The predicted octanol–water partition coefficient (Wildman–Crippen LogP) is 4.32. The molecule has 1 spiro atoms. The standard InChI is InChI=1S/C19H23N3O2S.ClH/c23-22(24)16-3-1-15(2-4-16)18-6-5-17(25-18)13-21-12-9-19(14-21)7-10-20-11-8-19;/h1-6,20H,7-14H2;1H. The molecule has 1 aromatic heterocycles. The minimum absolute atomic E-state index is 0. The lowest BCUT2D eigenvalue weighted by Gasteiger charge is -2.33. The van der Waals surface area contributed by atoms with Gasteiger partial charge in [-0.1, -0.05) is 0 Å². The molecule has 2 fully saturated rings. The first kappa shape index (κ1) is 19.3. The highest BCUT2D eigenvalue weighted by atomic mass is 35.5. The zero-order valence-electron chi connectivity index (χ0n) is 14.6. The van der Waals surface area contributed by atoms with E-state index in [9.17, 15) is 10.1 Å². The number of nitrogens with zero attached hydrogens (tertiary/aromatic N) is 2. The second-order valence-electron chi connectivity index (χ2n) is 7.28. The van der Waals surface area contributed by atoms with Gasteiger partial charge in [0.1, 0.15) is 0 Å². The van der Waals surface area contributed by atoms with Crippen LogP contribution in [0, 0.1) is 15.5 Å². The average molecular weight is 394 g/mol. The van der Waals surface area contributed by atoms with Gasteiger partial charge in [0.2, 0.25) is 0 Å². The van der Waals surface area contributed by atoms with E-state index in [1.54, 1.807) is 23.5 Å². The van der Waals surface area contributed by atoms with E-state index in [0.717, 1.165) is 25.2 Å². The number of nitrogens with one attached hydrogen (secondary N) is 1. The summed E-state index contributed by atoms with van der Waals surface area (Å²) >= 11 is 1.80. The molecule has 140 valence electrons. The fraction of sp³-hybridized carbons (Fsp3) is 0.474. The van der Waals surface area contributed by atoms with Gasteiger partial charge in [0.15, 0.2) is 0 Å². The maximum Gasteiger partial charge on any atom is 0.269 e. The predicted molar refractivity (Wildman–Crippen MR) is 108 cm³/mol. The van der Waals surface area contributed by atoms with E-state index in [4.69, 9.17) is 0 Å². The smallest absolute Gasteiger partial charge is 0.269 e. The van der Waals surface area contributed by atoms with Crippen LogP contribution in [0.5, 0.6) is 0 Å². The molecule has 0 radical (unpaired) electrons. The maximum absolute atomic E-state index is 10.8. The number of nitro benzene ring substituents is 1. The van der Waals surface area contributed by atoms with Crippen LogP contribution in [0.3, 0.4) is 0 Å². The van der Waals surface area contributed by atoms with Crippen LogP contribution >= 0.6 is 23.7 Å². The van der Waals surface area contributed by atoms with Gasteiger partial charge in [0, 0.05) is 35.0 Å². The van der Waals surface area contributed by atoms with E-state index in [2.05, 4.69) is 22.3 Å². The summed E-state index contributed by atoms with van der Waals surface area (Å²) in [5.41, 5.74) is 1.74. The molecule has 1 N–H and O–H groups in total. The van der Waals surface area contributed by atoms with E-state index < -0.39 is 0 Å². The first-order valence-corrected chi connectivity index (χ1v) is 9.72. The first-order chi connectivity index (χ1) is 12.1. The van der Waals surface area contributed by atoms with E-state index in [1.807, 2.05) is 12.1 Å². The van der Waals surface area contributed by atoms with Gasteiger partial charge >= 0.3 is 0 Å². The normalized spacial score (nSPS) is 19.4. The highest BCUT2D eigenvalue weighted by Crippen LogP contribution is 2.39. The van der Waals surface area contributed by atoms with E-state index >= 15 is 0 Å². The van der Waals surface area contributed by atoms with Crippen molar-refractivity contribution in [3.8, 4) is 10.4 Å². The third-order valence-electron chi connectivity index (χ3n) is 5.59. The number of non-ortho nitro benzene ring substituents is 1. The number of rotatable bonds is 4. The lowest BCUT2D eigenvalue weighted by molar-refractivity contribution is -0.384. The van der Waals surface area contributed by atoms with Gasteiger partial charge in [0.05, 0.1) is 4.92 Å². The van der Waals surface area contributed by atoms with Crippen LogP contribution < -0.4 is 5.32 Å². The first-order valence-electron chi connectivity index (χ1n) is 8.90. The molecule has 4 rings (SSSR count). The van der Waals surface area contributed by atoms with Crippen LogP contribution in [0.2, 0.25) is 0 Å². The minimum atomic E-state index is -0.354. The van der Waals surface area contributed by atoms with Gasteiger partial charge in [-0.3, -0.25) is 15.0 Å². The number of thiophene rings is 1. The molecule has 2 aliphatic rings. The SMILES string of the molecule is Cl.O=[N+]([O-])c1ccc(-c2ccc(CN3CCC4(CCNCC4)C3)s2)cc1. The summed E-state index contributed by atoms with van der Waals surface area (Å²) < 4.78 is 0. The molecule has 26 heavy (non-hydrogen) atoms. The van der Waals surface area contributed by atoms with Gasteiger partial charge in [-0.2, -0.15) is 0 Å². The van der Waals surface area contributed by atoms with Crippen molar-refractivity contribution < 1.29 is 4.92 Å². The summed E-state index contributed by atoms with van der Waals surface area (Å²) in [6.45, 7) is 5.77. The highest BCUT2D eigenvalue weighted by Gasteiger charge is 2.38. The molecule has 1 aromatic carbocycles. The summed E-state index contributed by atoms with van der Waals surface area (Å²) in [6, 6.07) is 11.2. The maximum atomic E-state index is 10.8. The van der Waals surface area contributed by atoms with Gasteiger partial charge < -0.3 is 5.32 Å². The molecule has 0 unspecified atom stereocenters. The summed E-state index contributed by atoms with van der Waals surface area (Å²) in [5.74, 6) is 0. The Bertz CT molecular complexity index is 756. The molecule has 0 amide bonds. The lowest BCUT2D eigenvalue weighted by Crippen LogP contribution is -2.38. The third kappa shape index (κ3) is 4.09. The molecule has 0 bridgehead atoms. The number of hydrogen-bond acceptors (Lipinski definition) is 5. The number of hydrogen-bond donors (Lipinski definition) is 1. The van der Waals surface area contributed by atoms with Gasteiger partial charge in [-0.25, -0.2) is 0 Å². The van der Waals surface area contributed by atoms with Crippen molar-refractivity contribution in [1.82, 2.24) is 10.2 Å². The Kier molecular flexibility index (Phi) is 5.97. The summed E-state index contributed by atoms with van der Waals surface area (Å²) in [5, 5.41) is 14.2. The van der Waals surface area contributed by atoms with E-state index in [-0.39, 0.29) is 23.0 Å². The van der Waals surface area contributed by atoms with Gasteiger partial charge in [0.25, 0.3) is 5.69 Å². The van der Waals surface area contributed by atoms with Crippen LogP contribution in [0.1, 0.15) is 24.1 Å². The van der Waals surface area contributed by atoms with Gasteiger partial charge in [-0.15, -0.1) is 23.7 Å². The summed E-state index contributed by atoms with van der Waals surface area (Å²) in [6.07, 6.45) is 3.94. The van der Waals surface area contributed by atoms with Crippen LogP contribution in [0.25, 0.3) is 10.4 Å². The van der Waals surface area contributed by atoms with Crippen LogP contribution in [0.4, 0.5) is 5.69 Å². The quantitative estimate of drug-likeness (QED) is 0.620. The Morgan fingerprint density at radius 1 is 1.12 bits per heavy atom.